The number of carbonyl (C=O) groups is 2. The van der Waals surface area contributed by atoms with E-state index in [0.717, 1.165) is 38.3 Å². The van der Waals surface area contributed by atoms with Crippen LogP contribution in [0.4, 0.5) is 23.9 Å². The van der Waals surface area contributed by atoms with Crippen molar-refractivity contribution in [2.24, 2.45) is 0 Å². The maximum absolute atomic E-state index is 14.2. The maximum Gasteiger partial charge on any atom is 0.419 e. The number of nitrogens with zero attached hydrogens (tertiary/aromatic N) is 2. The first-order valence-electron chi connectivity index (χ1n) is 15.6. The molecule has 258 valence electrons. The van der Waals surface area contributed by atoms with Crippen molar-refractivity contribution in [3.05, 3.63) is 35.7 Å². The number of anilines is 1. The van der Waals surface area contributed by atoms with E-state index in [-0.39, 0.29) is 51.7 Å². The summed E-state index contributed by atoms with van der Waals surface area (Å²) in [5.41, 5.74) is -1.38. The third-order valence-electron chi connectivity index (χ3n) is 7.89. The van der Waals surface area contributed by atoms with Crippen LogP contribution in [-0.4, -0.2) is 77.7 Å². The minimum absolute atomic E-state index is 0.0543. The molecule has 15 heteroatoms. The molecule has 0 bridgehead atoms. The number of methoxy groups -OCH3 is 1. The number of nitrogens with one attached hydrogen (secondary N) is 4. The quantitative estimate of drug-likeness (QED) is 0.104. The maximum atomic E-state index is 14.2. The van der Waals surface area contributed by atoms with Crippen molar-refractivity contribution in [3.8, 4) is 11.3 Å². The number of carbonyl (C=O) groups excluding carboxylic acids is 2. The number of benzene rings is 1. The molecule has 1 aliphatic rings. The number of alkyl carbamates (subject to hydrolysis) is 1. The van der Waals surface area contributed by atoms with Gasteiger partial charge in [0, 0.05) is 53.3 Å². The molecule has 1 saturated carbocycles. The second-order valence-corrected chi connectivity index (χ2v) is 16.5. The lowest BCUT2D eigenvalue weighted by Crippen LogP contribution is -2.37. The van der Waals surface area contributed by atoms with Crippen molar-refractivity contribution < 1.29 is 36.8 Å². The Hall–Kier alpha value is -3.64. The van der Waals surface area contributed by atoms with E-state index < -0.39 is 36.5 Å². The van der Waals surface area contributed by atoms with Gasteiger partial charge in [0.15, 0.2) is 0 Å². The molecule has 1 amide bonds. The van der Waals surface area contributed by atoms with Gasteiger partial charge in [-0.25, -0.2) is 19.6 Å². The average molecular weight is 681 g/mol. The number of hydrogen-bond donors (Lipinski definition) is 4. The van der Waals surface area contributed by atoms with E-state index in [4.69, 9.17) is 9.47 Å². The molecule has 11 nitrogen and oxygen atoms in total. The lowest BCUT2D eigenvalue weighted by Gasteiger charge is -2.21. The molecule has 0 radical (unpaired) electrons. The van der Waals surface area contributed by atoms with Crippen LogP contribution in [0.15, 0.2) is 24.5 Å². The normalized spacial score (nSPS) is 17.8. The first-order valence-corrected chi connectivity index (χ1v) is 18.2. The van der Waals surface area contributed by atoms with Crippen LogP contribution in [0.2, 0.25) is 0 Å². The molecule has 47 heavy (non-hydrogen) atoms. The minimum Gasteiger partial charge on any atom is -0.465 e. The average Bonchev–Trinajstić information content (AvgIpc) is 3.58. The van der Waals surface area contributed by atoms with Gasteiger partial charge in [-0.05, 0) is 79.2 Å². The number of hydrogen-bond acceptors (Lipinski definition) is 9. The molecule has 1 aliphatic carbocycles. The van der Waals surface area contributed by atoms with Crippen LogP contribution < -0.4 is 21.3 Å². The van der Waals surface area contributed by atoms with Crippen molar-refractivity contribution in [3.63, 3.8) is 0 Å². The molecular formula is C32H44F3N6O5P. The predicted octanol–water partition coefficient (Wildman–Crippen LogP) is 6.29. The third kappa shape index (κ3) is 9.25. The van der Waals surface area contributed by atoms with E-state index in [9.17, 15) is 27.3 Å². The number of rotatable bonds is 11. The minimum atomic E-state index is -4.74. The smallest absolute Gasteiger partial charge is 0.419 e. The summed E-state index contributed by atoms with van der Waals surface area (Å²) in [6.45, 7) is 11.0. The number of halogens is 3. The van der Waals surface area contributed by atoms with E-state index in [1.165, 1.54) is 38.8 Å². The predicted molar refractivity (Wildman–Crippen MR) is 176 cm³/mol. The van der Waals surface area contributed by atoms with Crippen molar-refractivity contribution in [1.82, 2.24) is 25.6 Å². The summed E-state index contributed by atoms with van der Waals surface area (Å²) >= 11 is 0. The standard InChI is InChI=1S/C32H44F3N6O5P/c1-18(9-8-14-36-30(43)46-31(2,3)4)39-19-10-11-20(15-19)40-29-38-17-24(32(33,34)35)25(41-29)23-16-37-26-21(23)12-13-22(28(42)45-5)27(26)47(6,7)44/h12-13,16-20,37,39H,8-11,14-15H2,1-7H3,(H,36,43)(H,38,40,41)/t18?,19-,20-/m0/s1. The lowest BCUT2D eigenvalue weighted by molar-refractivity contribution is -0.137. The Kier molecular flexibility index (Phi) is 11.0. The molecule has 3 aromatic rings. The topological polar surface area (TPSA) is 147 Å². The molecule has 0 saturated heterocycles. The Morgan fingerprint density at radius 2 is 1.85 bits per heavy atom. The van der Waals surface area contributed by atoms with Gasteiger partial charge in [0.2, 0.25) is 5.95 Å². The van der Waals surface area contributed by atoms with Crippen molar-refractivity contribution in [2.45, 2.75) is 89.7 Å². The Bertz CT molecular complexity index is 1650. The molecule has 1 fully saturated rings. The number of alkyl halides is 3. The van der Waals surface area contributed by atoms with Crippen molar-refractivity contribution in [2.75, 3.05) is 32.3 Å². The monoisotopic (exact) mass is 680 g/mol. The second kappa shape index (κ2) is 14.2. The highest BCUT2D eigenvalue weighted by molar-refractivity contribution is 7.70. The Labute approximate surface area is 272 Å². The zero-order valence-corrected chi connectivity index (χ0v) is 28.7. The van der Waals surface area contributed by atoms with Gasteiger partial charge >= 0.3 is 18.2 Å². The second-order valence-electron chi connectivity index (χ2n) is 13.4. The van der Waals surface area contributed by atoms with E-state index in [0.29, 0.717) is 11.9 Å². The zero-order valence-electron chi connectivity index (χ0n) is 27.8. The van der Waals surface area contributed by atoms with Gasteiger partial charge in [0.05, 0.1) is 23.9 Å². The van der Waals surface area contributed by atoms with Gasteiger partial charge in [-0.15, -0.1) is 0 Å². The fourth-order valence-electron chi connectivity index (χ4n) is 5.92. The number of esters is 1. The fraction of sp³-hybridized carbons (Fsp3) is 0.562. The first kappa shape index (κ1) is 36.2. The van der Waals surface area contributed by atoms with Crippen molar-refractivity contribution in [1.29, 1.82) is 0 Å². The summed E-state index contributed by atoms with van der Waals surface area (Å²) in [5.74, 6) is -0.627. The summed E-state index contributed by atoms with van der Waals surface area (Å²) in [7, 11) is -1.88. The highest BCUT2D eigenvalue weighted by Crippen LogP contribution is 2.43. The molecule has 0 aliphatic heterocycles. The van der Waals surface area contributed by atoms with Gasteiger partial charge in [-0.3, -0.25) is 0 Å². The number of ether oxygens (including phenoxy) is 2. The number of aromatic amines is 1. The summed E-state index contributed by atoms with van der Waals surface area (Å²) in [6, 6.07) is 3.26. The molecule has 1 aromatic carbocycles. The number of H-pyrrole nitrogens is 1. The van der Waals surface area contributed by atoms with Gasteiger partial charge < -0.3 is 35.0 Å². The summed E-state index contributed by atoms with van der Waals surface area (Å²) in [6.07, 6.45) is 0.972. The molecule has 2 heterocycles. The molecule has 2 aromatic heterocycles. The van der Waals surface area contributed by atoms with Gasteiger partial charge in [0.1, 0.15) is 18.3 Å². The summed E-state index contributed by atoms with van der Waals surface area (Å²) in [5, 5.41) is 10.1. The van der Waals surface area contributed by atoms with Crippen LogP contribution in [0.3, 0.4) is 0 Å². The van der Waals surface area contributed by atoms with Crippen LogP contribution >= 0.6 is 7.14 Å². The largest absolute Gasteiger partial charge is 0.465 e. The van der Waals surface area contributed by atoms with Crippen LogP contribution in [-0.2, 0) is 20.2 Å². The van der Waals surface area contributed by atoms with E-state index in [1.54, 1.807) is 0 Å². The van der Waals surface area contributed by atoms with Crippen LogP contribution in [0.25, 0.3) is 22.2 Å². The molecular weight excluding hydrogens is 636 g/mol. The Morgan fingerprint density at radius 1 is 1.15 bits per heavy atom. The molecule has 4 N–H and O–H groups in total. The van der Waals surface area contributed by atoms with Crippen molar-refractivity contribution >= 4 is 41.4 Å². The van der Waals surface area contributed by atoms with E-state index in [2.05, 4.69) is 37.8 Å². The van der Waals surface area contributed by atoms with Crippen LogP contribution in [0, 0.1) is 0 Å². The summed E-state index contributed by atoms with van der Waals surface area (Å²) in [4.78, 5) is 35.6. The SMILES string of the molecule is COC(=O)c1ccc2c(-c3nc(N[C@H]4CC[C@H](NC(C)CCCNC(=O)OC(C)(C)C)C4)ncc3C(F)(F)F)c[nH]c2c1P(C)(C)=O. The Morgan fingerprint density at radius 3 is 2.49 bits per heavy atom. The molecule has 0 spiro atoms. The van der Waals surface area contributed by atoms with Gasteiger partial charge in [-0.1, -0.05) is 6.07 Å². The highest BCUT2D eigenvalue weighted by Gasteiger charge is 2.37. The highest BCUT2D eigenvalue weighted by atomic mass is 31.2. The number of aromatic nitrogens is 3. The van der Waals surface area contributed by atoms with E-state index >= 15 is 0 Å². The third-order valence-corrected chi connectivity index (χ3v) is 9.43. The Balaban J connectivity index is 1.47. The number of amides is 1. The first-order chi connectivity index (χ1) is 21.9. The van der Waals surface area contributed by atoms with Crippen LogP contribution in [0.1, 0.15) is 75.7 Å². The fourth-order valence-corrected chi connectivity index (χ4v) is 7.39. The zero-order chi connectivity index (χ0) is 34.7. The van der Waals surface area contributed by atoms with Gasteiger partial charge in [-0.2, -0.15) is 13.2 Å². The molecule has 3 atom stereocenters. The summed E-state index contributed by atoms with van der Waals surface area (Å²) < 4.78 is 65.9. The molecule has 4 rings (SSSR count). The van der Waals surface area contributed by atoms with E-state index in [1.807, 2.05) is 20.8 Å². The lowest BCUT2D eigenvalue weighted by atomic mass is 10.0. The number of fused-ring (bicyclic) bond motifs is 1. The molecule has 1 unspecified atom stereocenters. The van der Waals surface area contributed by atoms with Crippen LogP contribution in [0.5, 0.6) is 0 Å². The van der Waals surface area contributed by atoms with Gasteiger partial charge in [0.25, 0.3) is 0 Å².